The maximum Gasteiger partial charge on any atom is 0.336 e. The van der Waals surface area contributed by atoms with Gasteiger partial charge >= 0.3 is 11.7 Å². The molecule has 34 heavy (non-hydrogen) atoms. The van der Waals surface area contributed by atoms with E-state index in [-0.39, 0.29) is 11.3 Å². The molecule has 1 aliphatic carbocycles. The van der Waals surface area contributed by atoms with E-state index in [4.69, 9.17) is 6.42 Å². The minimum Gasteiger partial charge on any atom is -0.478 e. The topological polar surface area (TPSA) is 64.2 Å². The number of aromatic nitrogens is 2. The van der Waals surface area contributed by atoms with E-state index in [0.717, 1.165) is 35.7 Å². The number of terminal acetylenes is 1. The summed E-state index contributed by atoms with van der Waals surface area (Å²) in [7, 11) is 0. The Bertz CT molecular complexity index is 1220. The maximum absolute atomic E-state index is 13.2. The standard InChI is InChI=1S/C29H32N2O3/c1-2-3-11-25-21-30(19-18-22-9-5-4-6-10-22)29(34)31(25)20-23-14-16-24(17-15-23)26-12-7-8-13-27(26)28(32)33/h1,7-8,12-17,21-22H,3-6,9-11,18-20H2,(H,32,33). The fourth-order valence-corrected chi connectivity index (χ4v) is 5.00. The molecule has 1 saturated carbocycles. The molecule has 0 unspecified atom stereocenters. The third-order valence-corrected chi connectivity index (χ3v) is 6.92. The van der Waals surface area contributed by atoms with Crippen molar-refractivity contribution in [3.63, 3.8) is 0 Å². The number of nitrogens with zero attached hydrogens (tertiary/aromatic N) is 2. The minimum atomic E-state index is -0.945. The summed E-state index contributed by atoms with van der Waals surface area (Å²) in [5, 5.41) is 9.48. The second-order valence-corrected chi connectivity index (χ2v) is 9.23. The van der Waals surface area contributed by atoms with Crippen molar-refractivity contribution in [3.05, 3.63) is 82.0 Å². The molecule has 2 aromatic carbocycles. The van der Waals surface area contributed by atoms with E-state index in [9.17, 15) is 14.7 Å². The first-order chi connectivity index (χ1) is 16.6. The molecule has 0 amide bonds. The zero-order valence-electron chi connectivity index (χ0n) is 19.6. The Kier molecular flexibility index (Phi) is 7.69. The molecule has 0 radical (unpaired) electrons. The van der Waals surface area contributed by atoms with Gasteiger partial charge < -0.3 is 5.11 Å². The molecule has 1 fully saturated rings. The largest absolute Gasteiger partial charge is 0.478 e. The van der Waals surface area contributed by atoms with E-state index < -0.39 is 5.97 Å². The van der Waals surface area contributed by atoms with Gasteiger partial charge in [0.25, 0.3) is 0 Å². The van der Waals surface area contributed by atoms with Crippen LogP contribution in [-0.2, 0) is 19.5 Å². The molecule has 1 aliphatic rings. The van der Waals surface area contributed by atoms with Gasteiger partial charge in [-0.25, -0.2) is 9.59 Å². The molecular weight excluding hydrogens is 424 g/mol. The minimum absolute atomic E-state index is 0.0168. The number of aryl methyl sites for hydroxylation is 2. The van der Waals surface area contributed by atoms with Crippen molar-refractivity contribution in [2.75, 3.05) is 0 Å². The molecule has 5 heteroatoms. The molecular formula is C29H32N2O3. The van der Waals surface area contributed by atoms with Crippen molar-refractivity contribution in [3.8, 4) is 23.5 Å². The van der Waals surface area contributed by atoms with Crippen LogP contribution >= 0.6 is 0 Å². The highest BCUT2D eigenvalue weighted by molar-refractivity contribution is 5.95. The number of rotatable bonds is 9. The smallest absolute Gasteiger partial charge is 0.336 e. The van der Waals surface area contributed by atoms with E-state index in [1.807, 2.05) is 51.7 Å². The molecule has 1 heterocycles. The van der Waals surface area contributed by atoms with E-state index >= 15 is 0 Å². The Balaban J connectivity index is 1.54. The lowest BCUT2D eigenvalue weighted by molar-refractivity contribution is 0.0697. The zero-order valence-corrected chi connectivity index (χ0v) is 19.6. The van der Waals surface area contributed by atoms with Crippen molar-refractivity contribution >= 4 is 5.97 Å². The van der Waals surface area contributed by atoms with Crippen LogP contribution in [0.1, 0.15) is 66.6 Å². The van der Waals surface area contributed by atoms with Crippen molar-refractivity contribution in [1.29, 1.82) is 0 Å². The van der Waals surface area contributed by atoms with Crippen LogP contribution in [0.25, 0.3) is 11.1 Å². The Labute approximate surface area is 201 Å². The quantitative estimate of drug-likeness (QED) is 0.426. The summed E-state index contributed by atoms with van der Waals surface area (Å²) in [6.07, 6.45) is 16.3. The van der Waals surface area contributed by atoms with E-state index in [1.54, 1.807) is 12.1 Å². The molecule has 0 atom stereocenters. The lowest BCUT2D eigenvalue weighted by Crippen LogP contribution is -2.26. The maximum atomic E-state index is 13.2. The number of hydrogen-bond acceptors (Lipinski definition) is 2. The predicted octanol–water partition coefficient (Wildman–Crippen LogP) is 5.60. The van der Waals surface area contributed by atoms with E-state index in [0.29, 0.717) is 24.9 Å². The number of carboxylic acid groups (broad SMARTS) is 1. The first-order valence-electron chi connectivity index (χ1n) is 12.2. The van der Waals surface area contributed by atoms with Gasteiger partial charge in [0.1, 0.15) is 0 Å². The number of imidazole rings is 1. The number of hydrogen-bond donors (Lipinski definition) is 1. The third kappa shape index (κ3) is 5.51. The van der Waals surface area contributed by atoms with Crippen LogP contribution in [0.15, 0.2) is 59.5 Å². The van der Waals surface area contributed by atoms with Gasteiger partial charge in [-0.05, 0) is 35.1 Å². The molecule has 0 bridgehead atoms. The van der Waals surface area contributed by atoms with E-state index in [1.165, 1.54) is 32.1 Å². The second kappa shape index (κ2) is 11.1. The van der Waals surface area contributed by atoms with Gasteiger partial charge in [0.2, 0.25) is 0 Å². The normalized spacial score (nSPS) is 14.1. The van der Waals surface area contributed by atoms with Crippen molar-refractivity contribution in [2.24, 2.45) is 5.92 Å². The van der Waals surface area contributed by atoms with Crippen molar-refractivity contribution < 1.29 is 9.90 Å². The average Bonchev–Trinajstić information content (AvgIpc) is 3.16. The molecule has 1 N–H and O–H groups in total. The Morgan fingerprint density at radius 2 is 1.79 bits per heavy atom. The summed E-state index contributed by atoms with van der Waals surface area (Å²) in [4.78, 5) is 24.8. The van der Waals surface area contributed by atoms with Gasteiger partial charge in [0.05, 0.1) is 12.1 Å². The van der Waals surface area contributed by atoms with Crippen molar-refractivity contribution in [2.45, 2.75) is 64.5 Å². The SMILES string of the molecule is C#CCCc1cn(CCC2CCCCC2)c(=O)n1Cc1ccc(-c2ccccc2C(=O)O)cc1. The average molecular weight is 457 g/mol. The lowest BCUT2D eigenvalue weighted by Gasteiger charge is -2.21. The number of aromatic carboxylic acids is 1. The highest BCUT2D eigenvalue weighted by Crippen LogP contribution is 2.27. The molecule has 5 nitrogen and oxygen atoms in total. The summed E-state index contributed by atoms with van der Waals surface area (Å²) in [5.74, 6) is 2.46. The Morgan fingerprint density at radius 1 is 1.06 bits per heavy atom. The monoisotopic (exact) mass is 456 g/mol. The highest BCUT2D eigenvalue weighted by atomic mass is 16.4. The molecule has 4 rings (SSSR count). The molecule has 3 aromatic rings. The Morgan fingerprint density at radius 3 is 2.50 bits per heavy atom. The van der Waals surface area contributed by atoms with Gasteiger partial charge in [-0.1, -0.05) is 74.6 Å². The summed E-state index contributed by atoms with van der Waals surface area (Å²) in [6, 6.07) is 14.8. The van der Waals surface area contributed by atoms with Crippen LogP contribution in [0.5, 0.6) is 0 Å². The van der Waals surface area contributed by atoms with Gasteiger partial charge in [-0.2, -0.15) is 0 Å². The van der Waals surface area contributed by atoms with Crippen LogP contribution in [0, 0.1) is 18.3 Å². The van der Waals surface area contributed by atoms with Crippen molar-refractivity contribution in [1.82, 2.24) is 9.13 Å². The Hall–Kier alpha value is -3.52. The predicted molar refractivity (Wildman–Crippen MR) is 135 cm³/mol. The summed E-state index contributed by atoms with van der Waals surface area (Å²) < 4.78 is 3.69. The molecule has 0 saturated heterocycles. The van der Waals surface area contributed by atoms with Crippen LogP contribution in [0.4, 0.5) is 0 Å². The van der Waals surface area contributed by atoms with Gasteiger partial charge in [-0.15, -0.1) is 12.3 Å². The van der Waals surface area contributed by atoms with Crippen LogP contribution in [0.2, 0.25) is 0 Å². The molecule has 1 aromatic heterocycles. The fourth-order valence-electron chi connectivity index (χ4n) is 5.00. The second-order valence-electron chi connectivity index (χ2n) is 9.23. The zero-order chi connectivity index (χ0) is 23.9. The number of carboxylic acids is 1. The molecule has 0 spiro atoms. The number of carbonyl (C=O) groups is 1. The van der Waals surface area contributed by atoms with Crippen LogP contribution in [0.3, 0.4) is 0 Å². The summed E-state index contributed by atoms with van der Waals surface area (Å²) >= 11 is 0. The highest BCUT2D eigenvalue weighted by Gasteiger charge is 2.16. The first-order valence-corrected chi connectivity index (χ1v) is 12.2. The fraction of sp³-hybridized carbons (Fsp3) is 0.379. The summed E-state index contributed by atoms with van der Waals surface area (Å²) in [6.45, 7) is 1.22. The lowest BCUT2D eigenvalue weighted by atomic mass is 9.87. The van der Waals surface area contributed by atoms with Gasteiger partial charge in [-0.3, -0.25) is 9.13 Å². The van der Waals surface area contributed by atoms with Crippen LogP contribution in [-0.4, -0.2) is 20.2 Å². The van der Waals surface area contributed by atoms with E-state index in [2.05, 4.69) is 5.92 Å². The third-order valence-electron chi connectivity index (χ3n) is 6.92. The van der Waals surface area contributed by atoms with Gasteiger partial charge in [0, 0.05) is 31.3 Å². The molecule has 0 aliphatic heterocycles. The summed E-state index contributed by atoms with van der Waals surface area (Å²) in [5.41, 5.74) is 3.77. The number of benzene rings is 2. The van der Waals surface area contributed by atoms with Crippen LogP contribution < -0.4 is 5.69 Å². The van der Waals surface area contributed by atoms with Gasteiger partial charge in [0.15, 0.2) is 0 Å². The first kappa shape index (κ1) is 23.6. The molecule has 176 valence electrons.